The van der Waals surface area contributed by atoms with Crippen molar-refractivity contribution in [3.05, 3.63) is 17.7 Å². The Bertz CT molecular complexity index is 526. The third kappa shape index (κ3) is 2.88. The second kappa shape index (κ2) is 6.34. The topological polar surface area (TPSA) is 40.2 Å². The lowest BCUT2D eigenvalue weighted by molar-refractivity contribution is 0.151. The normalized spacial score (nSPS) is 24.9. The second-order valence-electron chi connectivity index (χ2n) is 6.28. The molecule has 2 aliphatic heterocycles. The molecule has 0 aromatic heterocycles. The summed E-state index contributed by atoms with van der Waals surface area (Å²) in [4.78, 5) is 2.48. The molecule has 0 N–H and O–H groups in total. The van der Waals surface area contributed by atoms with Crippen molar-refractivity contribution in [2.24, 2.45) is 5.41 Å². The van der Waals surface area contributed by atoms with Crippen molar-refractivity contribution in [3.63, 3.8) is 0 Å². The van der Waals surface area contributed by atoms with E-state index in [1.807, 2.05) is 12.1 Å². The van der Waals surface area contributed by atoms with Crippen LogP contribution in [0.4, 0.5) is 0 Å². The van der Waals surface area contributed by atoms with Gasteiger partial charge in [-0.2, -0.15) is 0 Å². The molecular formula is C17H25NO4. The molecular weight excluding hydrogens is 282 g/mol. The minimum Gasteiger partial charge on any atom is -0.496 e. The van der Waals surface area contributed by atoms with Gasteiger partial charge in [-0.05, 0) is 25.5 Å². The molecule has 2 aliphatic rings. The Morgan fingerprint density at radius 2 is 1.77 bits per heavy atom. The Morgan fingerprint density at radius 1 is 1.05 bits per heavy atom. The number of likely N-dealkylation sites (tertiary alicyclic amines) is 1. The minimum absolute atomic E-state index is 0.379. The van der Waals surface area contributed by atoms with Crippen LogP contribution in [0.5, 0.6) is 17.2 Å². The van der Waals surface area contributed by atoms with Crippen molar-refractivity contribution >= 4 is 0 Å². The van der Waals surface area contributed by atoms with Crippen molar-refractivity contribution in [2.45, 2.75) is 19.4 Å². The van der Waals surface area contributed by atoms with Gasteiger partial charge < -0.3 is 18.9 Å². The van der Waals surface area contributed by atoms with Crippen LogP contribution in [0.2, 0.25) is 0 Å². The van der Waals surface area contributed by atoms with Crippen molar-refractivity contribution in [1.82, 2.24) is 4.90 Å². The van der Waals surface area contributed by atoms with Crippen LogP contribution >= 0.6 is 0 Å². The smallest absolute Gasteiger partial charge is 0.164 e. The van der Waals surface area contributed by atoms with Crippen LogP contribution in [0.15, 0.2) is 12.1 Å². The number of nitrogens with zero attached hydrogens (tertiary/aromatic N) is 1. The summed E-state index contributed by atoms with van der Waals surface area (Å²) in [6.07, 6.45) is 2.41. The fourth-order valence-corrected chi connectivity index (χ4v) is 3.59. The van der Waals surface area contributed by atoms with Crippen LogP contribution in [-0.4, -0.2) is 52.5 Å². The monoisotopic (exact) mass is 307 g/mol. The molecule has 1 aromatic carbocycles. The number of ether oxygens (including phenoxy) is 4. The first-order valence-electron chi connectivity index (χ1n) is 7.79. The van der Waals surface area contributed by atoms with E-state index in [4.69, 9.17) is 18.9 Å². The van der Waals surface area contributed by atoms with Crippen LogP contribution in [0.25, 0.3) is 0 Å². The highest BCUT2D eigenvalue weighted by atomic mass is 16.5. The molecule has 0 bridgehead atoms. The third-order valence-electron chi connectivity index (χ3n) is 4.88. The molecule has 1 atom stereocenters. The van der Waals surface area contributed by atoms with E-state index in [1.165, 1.54) is 12.8 Å². The van der Waals surface area contributed by atoms with Gasteiger partial charge in [0, 0.05) is 36.7 Å². The van der Waals surface area contributed by atoms with E-state index < -0.39 is 0 Å². The summed E-state index contributed by atoms with van der Waals surface area (Å²) >= 11 is 0. The Hall–Kier alpha value is -1.46. The zero-order valence-corrected chi connectivity index (χ0v) is 13.7. The minimum atomic E-state index is 0.379. The first kappa shape index (κ1) is 15.4. The molecule has 1 aromatic rings. The molecule has 5 heteroatoms. The van der Waals surface area contributed by atoms with E-state index >= 15 is 0 Å². The molecule has 2 saturated heterocycles. The highest BCUT2D eigenvalue weighted by Gasteiger charge is 2.41. The number of rotatable bonds is 5. The highest BCUT2D eigenvalue weighted by molar-refractivity contribution is 5.50. The fraction of sp³-hybridized carbons (Fsp3) is 0.647. The second-order valence-corrected chi connectivity index (χ2v) is 6.28. The molecule has 122 valence electrons. The highest BCUT2D eigenvalue weighted by Crippen LogP contribution is 2.40. The molecule has 2 fully saturated rings. The predicted molar refractivity (Wildman–Crippen MR) is 83.9 cm³/mol. The van der Waals surface area contributed by atoms with Crippen LogP contribution in [0.3, 0.4) is 0 Å². The van der Waals surface area contributed by atoms with Crippen LogP contribution < -0.4 is 14.2 Å². The number of hydrogen-bond donors (Lipinski definition) is 0. The summed E-state index contributed by atoms with van der Waals surface area (Å²) in [6.45, 7) is 4.90. The summed E-state index contributed by atoms with van der Waals surface area (Å²) in [6, 6.07) is 3.92. The summed E-state index contributed by atoms with van der Waals surface area (Å²) in [5.41, 5.74) is 1.51. The fourth-order valence-electron chi connectivity index (χ4n) is 3.59. The summed E-state index contributed by atoms with van der Waals surface area (Å²) in [5.74, 6) is 2.29. The van der Waals surface area contributed by atoms with Crippen LogP contribution in [-0.2, 0) is 11.3 Å². The van der Waals surface area contributed by atoms with E-state index in [9.17, 15) is 0 Å². The van der Waals surface area contributed by atoms with Gasteiger partial charge in [-0.3, -0.25) is 4.90 Å². The lowest BCUT2D eigenvalue weighted by atomic mass is 9.87. The maximum atomic E-state index is 5.60. The summed E-state index contributed by atoms with van der Waals surface area (Å²) in [7, 11) is 5.00. The van der Waals surface area contributed by atoms with E-state index in [0.717, 1.165) is 49.9 Å². The maximum Gasteiger partial charge on any atom is 0.164 e. The van der Waals surface area contributed by atoms with Gasteiger partial charge >= 0.3 is 0 Å². The molecule has 0 radical (unpaired) electrons. The standard InChI is InChI=1S/C17H25NO4/c1-19-14-9-16(21-3)15(20-2)8-13(14)10-18-6-4-17(11-18)5-7-22-12-17/h8-9H,4-7,10-12H2,1-3H3/t17-/m1/s1. The molecule has 5 nitrogen and oxygen atoms in total. The number of hydrogen-bond acceptors (Lipinski definition) is 5. The van der Waals surface area contributed by atoms with Crippen LogP contribution in [0, 0.1) is 5.41 Å². The van der Waals surface area contributed by atoms with Gasteiger partial charge in [-0.25, -0.2) is 0 Å². The Kier molecular flexibility index (Phi) is 4.45. The third-order valence-corrected chi connectivity index (χ3v) is 4.88. The van der Waals surface area contributed by atoms with Crippen LogP contribution in [0.1, 0.15) is 18.4 Å². The van der Waals surface area contributed by atoms with Gasteiger partial charge in [0.1, 0.15) is 5.75 Å². The predicted octanol–water partition coefficient (Wildman–Crippen LogP) is 2.32. The van der Waals surface area contributed by atoms with Gasteiger partial charge in [-0.15, -0.1) is 0 Å². The molecule has 2 heterocycles. The van der Waals surface area contributed by atoms with Crippen molar-refractivity contribution in [2.75, 3.05) is 47.6 Å². The molecule has 1 spiro atoms. The van der Waals surface area contributed by atoms with Gasteiger partial charge in [0.05, 0.1) is 27.9 Å². The Labute approximate surface area is 132 Å². The van der Waals surface area contributed by atoms with Gasteiger partial charge in [0.25, 0.3) is 0 Å². The van der Waals surface area contributed by atoms with E-state index in [-0.39, 0.29) is 0 Å². The molecule has 0 saturated carbocycles. The van der Waals surface area contributed by atoms with Crippen molar-refractivity contribution < 1.29 is 18.9 Å². The molecule has 0 aliphatic carbocycles. The molecule has 22 heavy (non-hydrogen) atoms. The SMILES string of the molecule is COc1cc(OC)c(OC)cc1CN1CC[C@@]2(CCOC2)C1. The zero-order valence-electron chi connectivity index (χ0n) is 13.7. The maximum absolute atomic E-state index is 5.60. The average Bonchev–Trinajstić information content (AvgIpc) is 3.17. The lowest BCUT2D eigenvalue weighted by Crippen LogP contribution is -2.27. The lowest BCUT2D eigenvalue weighted by Gasteiger charge is -2.23. The van der Waals surface area contributed by atoms with E-state index in [0.29, 0.717) is 11.2 Å². The summed E-state index contributed by atoms with van der Waals surface area (Å²) < 4.78 is 21.9. The molecule has 3 rings (SSSR count). The number of benzene rings is 1. The molecule has 0 amide bonds. The van der Waals surface area contributed by atoms with Gasteiger partial charge in [0.2, 0.25) is 0 Å². The van der Waals surface area contributed by atoms with Crippen molar-refractivity contribution in [3.8, 4) is 17.2 Å². The summed E-state index contributed by atoms with van der Waals surface area (Å²) in [5, 5.41) is 0. The zero-order chi connectivity index (χ0) is 15.6. The first-order valence-corrected chi connectivity index (χ1v) is 7.79. The largest absolute Gasteiger partial charge is 0.496 e. The average molecular weight is 307 g/mol. The number of methoxy groups -OCH3 is 3. The Morgan fingerprint density at radius 3 is 2.41 bits per heavy atom. The molecule has 0 unspecified atom stereocenters. The van der Waals surface area contributed by atoms with Gasteiger partial charge in [-0.1, -0.05) is 0 Å². The first-order chi connectivity index (χ1) is 10.7. The van der Waals surface area contributed by atoms with E-state index in [2.05, 4.69) is 4.90 Å². The van der Waals surface area contributed by atoms with Gasteiger partial charge in [0.15, 0.2) is 11.5 Å². The van der Waals surface area contributed by atoms with Crippen molar-refractivity contribution in [1.29, 1.82) is 0 Å². The Balaban J connectivity index is 1.77. The quantitative estimate of drug-likeness (QED) is 0.835. The van der Waals surface area contributed by atoms with E-state index in [1.54, 1.807) is 21.3 Å².